The quantitative estimate of drug-likeness (QED) is 0.630. The number of anilines is 1. The fraction of sp³-hybridized carbons (Fsp3) is 0.182. The summed E-state index contributed by atoms with van der Waals surface area (Å²) < 4.78 is 5.38. The SMILES string of the molecule is O=C1C(c2cccs2)=C(N2CCCc3ccccc32)C(=O)N1Cc1ccco1. The number of carbonyl (C=O) groups is 2. The lowest BCUT2D eigenvalue weighted by molar-refractivity contribution is -0.137. The van der Waals surface area contributed by atoms with Crippen molar-refractivity contribution in [3.05, 3.63) is 82.1 Å². The van der Waals surface area contributed by atoms with E-state index in [9.17, 15) is 9.59 Å². The van der Waals surface area contributed by atoms with Crippen LogP contribution in [0.2, 0.25) is 0 Å². The van der Waals surface area contributed by atoms with Gasteiger partial charge in [0.05, 0.1) is 18.4 Å². The zero-order valence-corrected chi connectivity index (χ0v) is 15.9. The van der Waals surface area contributed by atoms with Gasteiger partial charge in [0.2, 0.25) is 0 Å². The molecule has 2 aromatic heterocycles. The van der Waals surface area contributed by atoms with Crippen molar-refractivity contribution in [2.45, 2.75) is 19.4 Å². The number of benzene rings is 1. The molecule has 6 heteroatoms. The van der Waals surface area contributed by atoms with Gasteiger partial charge >= 0.3 is 0 Å². The molecule has 0 unspecified atom stereocenters. The number of carbonyl (C=O) groups excluding carboxylic acids is 2. The van der Waals surface area contributed by atoms with Gasteiger partial charge in [-0.3, -0.25) is 14.5 Å². The molecule has 0 saturated heterocycles. The van der Waals surface area contributed by atoms with Gasteiger partial charge in [-0.1, -0.05) is 24.3 Å². The van der Waals surface area contributed by atoms with Gasteiger partial charge in [0.1, 0.15) is 11.5 Å². The molecule has 4 heterocycles. The van der Waals surface area contributed by atoms with Crippen molar-refractivity contribution in [3.8, 4) is 0 Å². The summed E-state index contributed by atoms with van der Waals surface area (Å²) in [7, 11) is 0. The average Bonchev–Trinajstić information content (AvgIpc) is 3.46. The Hall–Kier alpha value is -3.12. The fourth-order valence-corrected chi connectivity index (χ4v) is 4.69. The zero-order valence-electron chi connectivity index (χ0n) is 15.1. The van der Waals surface area contributed by atoms with Crippen LogP contribution in [0, 0.1) is 0 Å². The second-order valence-electron chi connectivity index (χ2n) is 6.86. The molecule has 2 amide bonds. The normalized spacial score (nSPS) is 16.9. The lowest BCUT2D eigenvalue weighted by atomic mass is 10.00. The monoisotopic (exact) mass is 390 g/mol. The van der Waals surface area contributed by atoms with Crippen molar-refractivity contribution in [1.82, 2.24) is 4.90 Å². The number of imide groups is 1. The van der Waals surface area contributed by atoms with Gasteiger partial charge in [-0.05, 0) is 48.1 Å². The summed E-state index contributed by atoms with van der Waals surface area (Å²) in [6.45, 7) is 0.855. The van der Waals surface area contributed by atoms with Gasteiger partial charge in [0.15, 0.2) is 0 Å². The van der Waals surface area contributed by atoms with Crippen LogP contribution in [0.1, 0.15) is 22.6 Å². The Morgan fingerprint density at radius 3 is 2.68 bits per heavy atom. The molecule has 5 rings (SSSR count). The van der Waals surface area contributed by atoms with E-state index in [-0.39, 0.29) is 18.4 Å². The number of furan rings is 1. The number of thiophene rings is 1. The maximum absolute atomic E-state index is 13.4. The van der Waals surface area contributed by atoms with Crippen LogP contribution in [-0.2, 0) is 22.6 Å². The Kier molecular flexibility index (Phi) is 4.13. The molecule has 0 bridgehead atoms. The molecular weight excluding hydrogens is 372 g/mol. The minimum absolute atomic E-state index is 0.137. The van der Waals surface area contributed by atoms with E-state index >= 15 is 0 Å². The van der Waals surface area contributed by atoms with Crippen LogP contribution in [0.4, 0.5) is 5.69 Å². The topological polar surface area (TPSA) is 53.8 Å². The van der Waals surface area contributed by atoms with Crippen molar-refractivity contribution in [2.75, 3.05) is 11.4 Å². The molecule has 0 fully saturated rings. The summed E-state index contributed by atoms with van der Waals surface area (Å²) in [4.78, 5) is 30.9. The highest BCUT2D eigenvalue weighted by molar-refractivity contribution is 7.11. The average molecular weight is 390 g/mol. The van der Waals surface area contributed by atoms with E-state index in [1.165, 1.54) is 21.8 Å². The van der Waals surface area contributed by atoms with Crippen LogP contribution in [0.25, 0.3) is 5.57 Å². The Morgan fingerprint density at radius 2 is 1.89 bits per heavy atom. The highest BCUT2D eigenvalue weighted by Crippen LogP contribution is 2.39. The fourth-order valence-electron chi connectivity index (χ4n) is 3.92. The molecule has 0 saturated carbocycles. The Bertz CT molecular complexity index is 1070. The van der Waals surface area contributed by atoms with Gasteiger partial charge in [-0.25, -0.2) is 0 Å². The number of para-hydroxylation sites is 1. The minimum atomic E-state index is -0.262. The maximum atomic E-state index is 13.4. The van der Waals surface area contributed by atoms with Gasteiger partial charge in [-0.15, -0.1) is 11.3 Å². The van der Waals surface area contributed by atoms with Gasteiger partial charge < -0.3 is 9.32 Å². The summed E-state index contributed by atoms with van der Waals surface area (Å²) in [6, 6.07) is 15.5. The molecule has 140 valence electrons. The number of fused-ring (bicyclic) bond motifs is 1. The van der Waals surface area contributed by atoms with Crippen molar-refractivity contribution in [2.24, 2.45) is 0 Å². The molecule has 2 aliphatic rings. The van der Waals surface area contributed by atoms with E-state index in [0.717, 1.165) is 30.0 Å². The van der Waals surface area contributed by atoms with Gasteiger partial charge in [0, 0.05) is 17.1 Å². The van der Waals surface area contributed by atoms with Crippen LogP contribution < -0.4 is 4.90 Å². The molecule has 2 aliphatic heterocycles. The molecule has 0 N–H and O–H groups in total. The summed E-state index contributed by atoms with van der Waals surface area (Å²) in [5.41, 5.74) is 3.18. The first-order valence-electron chi connectivity index (χ1n) is 9.26. The third-order valence-electron chi connectivity index (χ3n) is 5.19. The van der Waals surface area contributed by atoms with Gasteiger partial charge in [0.25, 0.3) is 11.8 Å². The number of rotatable bonds is 4. The molecule has 5 nitrogen and oxygen atoms in total. The van der Waals surface area contributed by atoms with Crippen LogP contribution in [0.5, 0.6) is 0 Å². The molecule has 0 aliphatic carbocycles. The highest BCUT2D eigenvalue weighted by atomic mass is 32.1. The second kappa shape index (κ2) is 6.80. The van der Waals surface area contributed by atoms with Crippen molar-refractivity contribution >= 4 is 34.4 Å². The van der Waals surface area contributed by atoms with Crippen molar-refractivity contribution in [3.63, 3.8) is 0 Å². The number of hydrogen-bond acceptors (Lipinski definition) is 5. The Balaban J connectivity index is 1.62. The smallest absolute Gasteiger partial charge is 0.278 e. The molecule has 0 radical (unpaired) electrons. The van der Waals surface area contributed by atoms with Crippen molar-refractivity contribution < 1.29 is 14.0 Å². The van der Waals surface area contributed by atoms with Crippen LogP contribution >= 0.6 is 11.3 Å². The summed E-state index contributed by atoms with van der Waals surface area (Å²) in [6.07, 6.45) is 3.47. The predicted molar refractivity (Wildman–Crippen MR) is 108 cm³/mol. The number of hydrogen-bond donors (Lipinski definition) is 0. The lowest BCUT2D eigenvalue weighted by Crippen LogP contribution is -2.36. The third-order valence-corrected chi connectivity index (χ3v) is 6.07. The van der Waals surface area contributed by atoms with Crippen LogP contribution in [0.15, 0.2) is 70.3 Å². The summed E-state index contributed by atoms with van der Waals surface area (Å²) in [5, 5.41) is 1.93. The van der Waals surface area contributed by atoms with Crippen LogP contribution in [0.3, 0.4) is 0 Å². The minimum Gasteiger partial charge on any atom is -0.467 e. The molecule has 1 aromatic carbocycles. The van der Waals surface area contributed by atoms with Gasteiger partial charge in [-0.2, -0.15) is 0 Å². The van der Waals surface area contributed by atoms with E-state index in [4.69, 9.17) is 4.42 Å². The molecule has 0 atom stereocenters. The summed E-state index contributed by atoms with van der Waals surface area (Å²) >= 11 is 1.48. The predicted octanol–water partition coefficient (Wildman–Crippen LogP) is 4.07. The molecule has 0 spiro atoms. The largest absolute Gasteiger partial charge is 0.467 e. The number of amides is 2. The summed E-state index contributed by atoms with van der Waals surface area (Å²) in [5.74, 6) is 0.0657. The first kappa shape index (κ1) is 17.0. The van der Waals surface area contributed by atoms with Crippen molar-refractivity contribution in [1.29, 1.82) is 0 Å². The Morgan fingerprint density at radius 1 is 1.00 bits per heavy atom. The van der Waals surface area contributed by atoms with E-state index in [2.05, 4.69) is 6.07 Å². The van der Waals surface area contributed by atoms with E-state index in [0.29, 0.717) is 17.0 Å². The molecule has 28 heavy (non-hydrogen) atoms. The second-order valence-corrected chi connectivity index (χ2v) is 7.81. The zero-order chi connectivity index (χ0) is 19.1. The van der Waals surface area contributed by atoms with E-state index in [1.807, 2.05) is 40.6 Å². The van der Waals surface area contributed by atoms with E-state index in [1.54, 1.807) is 18.4 Å². The first-order chi connectivity index (χ1) is 13.7. The Labute approximate surface area is 166 Å². The number of aryl methyl sites for hydroxylation is 1. The molecular formula is C22H18N2O3S. The van der Waals surface area contributed by atoms with Crippen LogP contribution in [-0.4, -0.2) is 23.3 Å². The first-order valence-corrected chi connectivity index (χ1v) is 10.1. The third kappa shape index (κ3) is 2.68. The maximum Gasteiger partial charge on any atom is 0.278 e. The standard InChI is InChI=1S/C22H18N2O3S/c25-21-19(18-10-5-13-28-18)20(22(26)24(21)14-16-8-4-12-27-16)23-11-3-7-15-6-1-2-9-17(15)23/h1-2,4-6,8-10,12-13H,3,7,11,14H2. The molecule has 3 aromatic rings. The number of nitrogens with zero attached hydrogens (tertiary/aromatic N) is 2. The lowest BCUT2D eigenvalue weighted by Gasteiger charge is -2.32. The van der Waals surface area contributed by atoms with E-state index < -0.39 is 0 Å². The highest BCUT2D eigenvalue weighted by Gasteiger charge is 2.43.